The van der Waals surface area contributed by atoms with E-state index >= 15 is 0 Å². The zero-order chi connectivity index (χ0) is 9.97. The van der Waals surface area contributed by atoms with Crippen LogP contribution in [0.25, 0.3) is 0 Å². The van der Waals surface area contributed by atoms with E-state index in [4.69, 9.17) is 5.26 Å². The SMILES string of the molecule is CNC(C#N)CN1CC2CCCC2C1. The Labute approximate surface area is 86.1 Å². The fourth-order valence-electron chi connectivity index (χ4n) is 2.94. The van der Waals surface area contributed by atoms with E-state index in [-0.39, 0.29) is 6.04 Å². The van der Waals surface area contributed by atoms with Gasteiger partial charge in [0, 0.05) is 19.6 Å². The molecule has 0 aromatic heterocycles. The number of nitriles is 1. The van der Waals surface area contributed by atoms with Crippen LogP contribution in [0.5, 0.6) is 0 Å². The van der Waals surface area contributed by atoms with Crippen LogP contribution >= 0.6 is 0 Å². The first-order valence-electron chi connectivity index (χ1n) is 5.62. The van der Waals surface area contributed by atoms with Crippen molar-refractivity contribution in [3.8, 4) is 6.07 Å². The Bertz CT molecular complexity index is 221. The van der Waals surface area contributed by atoms with Gasteiger partial charge in [0.1, 0.15) is 6.04 Å². The molecule has 1 heterocycles. The molecule has 2 aliphatic rings. The first kappa shape index (κ1) is 9.95. The topological polar surface area (TPSA) is 39.1 Å². The van der Waals surface area contributed by atoms with Crippen molar-refractivity contribution in [1.29, 1.82) is 5.26 Å². The normalized spacial score (nSPS) is 34.0. The van der Waals surface area contributed by atoms with Gasteiger partial charge in [0.2, 0.25) is 0 Å². The minimum atomic E-state index is 0.00817. The fourth-order valence-corrected chi connectivity index (χ4v) is 2.94. The van der Waals surface area contributed by atoms with E-state index in [9.17, 15) is 0 Å². The molecule has 3 unspecified atom stereocenters. The largest absolute Gasteiger partial charge is 0.304 e. The molecule has 2 fully saturated rings. The number of likely N-dealkylation sites (tertiary alicyclic amines) is 1. The molecule has 0 aromatic rings. The van der Waals surface area contributed by atoms with Crippen LogP contribution in [0.2, 0.25) is 0 Å². The van der Waals surface area contributed by atoms with E-state index < -0.39 is 0 Å². The summed E-state index contributed by atoms with van der Waals surface area (Å²) in [5, 5.41) is 11.9. The summed E-state index contributed by atoms with van der Waals surface area (Å²) in [6, 6.07) is 2.30. The van der Waals surface area contributed by atoms with Crippen LogP contribution in [0.15, 0.2) is 0 Å². The second kappa shape index (κ2) is 4.29. The third kappa shape index (κ3) is 1.92. The summed E-state index contributed by atoms with van der Waals surface area (Å²) < 4.78 is 0. The van der Waals surface area contributed by atoms with Crippen molar-refractivity contribution in [2.24, 2.45) is 11.8 Å². The van der Waals surface area contributed by atoms with Crippen molar-refractivity contribution in [3.05, 3.63) is 0 Å². The summed E-state index contributed by atoms with van der Waals surface area (Å²) in [4.78, 5) is 2.46. The summed E-state index contributed by atoms with van der Waals surface area (Å²) in [6.07, 6.45) is 4.26. The highest BCUT2D eigenvalue weighted by Crippen LogP contribution is 2.37. The molecule has 0 bridgehead atoms. The van der Waals surface area contributed by atoms with E-state index in [1.54, 1.807) is 0 Å². The average Bonchev–Trinajstić information content (AvgIpc) is 2.73. The molecule has 1 saturated carbocycles. The number of hydrogen-bond donors (Lipinski definition) is 1. The lowest BCUT2D eigenvalue weighted by Crippen LogP contribution is -2.37. The van der Waals surface area contributed by atoms with Gasteiger partial charge in [-0.05, 0) is 31.7 Å². The van der Waals surface area contributed by atoms with Gasteiger partial charge in [-0.15, -0.1) is 0 Å². The second-order valence-electron chi connectivity index (χ2n) is 4.64. The van der Waals surface area contributed by atoms with Gasteiger partial charge in [-0.2, -0.15) is 5.26 Å². The molecule has 1 N–H and O–H groups in total. The molecule has 78 valence electrons. The quantitative estimate of drug-likeness (QED) is 0.721. The van der Waals surface area contributed by atoms with Gasteiger partial charge in [-0.1, -0.05) is 6.42 Å². The van der Waals surface area contributed by atoms with Crippen LogP contribution in [-0.2, 0) is 0 Å². The van der Waals surface area contributed by atoms with Crippen molar-refractivity contribution >= 4 is 0 Å². The van der Waals surface area contributed by atoms with E-state index in [2.05, 4.69) is 16.3 Å². The number of rotatable bonds is 3. The van der Waals surface area contributed by atoms with Crippen molar-refractivity contribution in [1.82, 2.24) is 10.2 Å². The van der Waals surface area contributed by atoms with Crippen LogP contribution in [0.1, 0.15) is 19.3 Å². The highest BCUT2D eigenvalue weighted by Gasteiger charge is 2.36. The lowest BCUT2D eigenvalue weighted by atomic mass is 10.0. The number of nitrogens with one attached hydrogen (secondary N) is 1. The third-order valence-electron chi connectivity index (χ3n) is 3.75. The maximum atomic E-state index is 8.85. The number of nitrogens with zero attached hydrogens (tertiary/aromatic N) is 2. The van der Waals surface area contributed by atoms with Crippen LogP contribution in [-0.4, -0.2) is 37.6 Å². The fraction of sp³-hybridized carbons (Fsp3) is 0.909. The van der Waals surface area contributed by atoms with E-state index in [1.165, 1.54) is 32.4 Å². The van der Waals surface area contributed by atoms with Gasteiger partial charge < -0.3 is 10.2 Å². The zero-order valence-corrected chi connectivity index (χ0v) is 8.87. The summed E-state index contributed by atoms with van der Waals surface area (Å²) >= 11 is 0. The third-order valence-corrected chi connectivity index (χ3v) is 3.75. The van der Waals surface area contributed by atoms with Gasteiger partial charge in [0.15, 0.2) is 0 Å². The van der Waals surface area contributed by atoms with Crippen LogP contribution < -0.4 is 5.32 Å². The maximum Gasteiger partial charge on any atom is 0.108 e. The first-order chi connectivity index (χ1) is 6.83. The summed E-state index contributed by atoms with van der Waals surface area (Å²) in [5.74, 6) is 1.87. The average molecular weight is 193 g/mol. The van der Waals surface area contributed by atoms with Crippen molar-refractivity contribution in [3.63, 3.8) is 0 Å². The summed E-state index contributed by atoms with van der Waals surface area (Å²) in [5.41, 5.74) is 0. The van der Waals surface area contributed by atoms with Gasteiger partial charge >= 0.3 is 0 Å². The monoisotopic (exact) mass is 193 g/mol. The van der Waals surface area contributed by atoms with Crippen LogP contribution in [0.3, 0.4) is 0 Å². The van der Waals surface area contributed by atoms with E-state index in [0.29, 0.717) is 0 Å². The molecule has 0 radical (unpaired) electrons. The molecule has 3 atom stereocenters. The minimum Gasteiger partial charge on any atom is -0.304 e. The van der Waals surface area contributed by atoms with Gasteiger partial charge in [-0.25, -0.2) is 0 Å². The van der Waals surface area contributed by atoms with Gasteiger partial charge in [0.05, 0.1) is 6.07 Å². The molecule has 3 heteroatoms. The number of likely N-dealkylation sites (N-methyl/N-ethyl adjacent to an activating group) is 1. The Morgan fingerprint density at radius 3 is 2.57 bits per heavy atom. The minimum absolute atomic E-state index is 0.00817. The molecule has 1 aliphatic carbocycles. The van der Waals surface area contributed by atoms with Gasteiger partial charge in [-0.3, -0.25) is 0 Å². The summed E-state index contributed by atoms with van der Waals surface area (Å²) in [6.45, 7) is 3.36. The molecule has 14 heavy (non-hydrogen) atoms. The van der Waals surface area contributed by atoms with Crippen LogP contribution in [0.4, 0.5) is 0 Å². The van der Waals surface area contributed by atoms with E-state index in [1.807, 2.05) is 7.05 Å². The second-order valence-corrected chi connectivity index (χ2v) is 4.64. The van der Waals surface area contributed by atoms with Gasteiger partial charge in [0.25, 0.3) is 0 Å². The Kier molecular flexibility index (Phi) is 3.05. The van der Waals surface area contributed by atoms with E-state index in [0.717, 1.165) is 18.4 Å². The highest BCUT2D eigenvalue weighted by molar-refractivity contribution is 4.95. The smallest absolute Gasteiger partial charge is 0.108 e. The molecular weight excluding hydrogens is 174 g/mol. The van der Waals surface area contributed by atoms with Crippen molar-refractivity contribution in [2.45, 2.75) is 25.3 Å². The highest BCUT2D eigenvalue weighted by atomic mass is 15.2. The standard InChI is InChI=1S/C11H19N3/c1-13-11(5-12)8-14-6-9-3-2-4-10(9)7-14/h9-11,13H,2-4,6-8H2,1H3. The predicted octanol–water partition coefficient (Wildman–Crippen LogP) is 0.830. The first-order valence-corrected chi connectivity index (χ1v) is 5.62. The Balaban J connectivity index is 1.82. The van der Waals surface area contributed by atoms with Crippen LogP contribution in [0, 0.1) is 23.2 Å². The zero-order valence-electron chi connectivity index (χ0n) is 8.87. The Morgan fingerprint density at radius 1 is 1.43 bits per heavy atom. The lowest BCUT2D eigenvalue weighted by Gasteiger charge is -2.19. The Morgan fingerprint density at radius 2 is 2.07 bits per heavy atom. The summed E-state index contributed by atoms with van der Waals surface area (Å²) in [7, 11) is 1.87. The number of hydrogen-bond acceptors (Lipinski definition) is 3. The molecular formula is C11H19N3. The Hall–Kier alpha value is -0.590. The molecule has 2 rings (SSSR count). The molecule has 0 aromatic carbocycles. The molecule has 3 nitrogen and oxygen atoms in total. The molecule has 1 aliphatic heterocycles. The molecule has 1 saturated heterocycles. The maximum absolute atomic E-state index is 8.85. The molecule has 0 spiro atoms. The predicted molar refractivity (Wildman–Crippen MR) is 55.7 cm³/mol. The lowest BCUT2D eigenvalue weighted by molar-refractivity contribution is 0.295. The number of fused-ring (bicyclic) bond motifs is 1. The van der Waals surface area contributed by atoms with Crippen molar-refractivity contribution < 1.29 is 0 Å². The van der Waals surface area contributed by atoms with Crippen molar-refractivity contribution in [2.75, 3.05) is 26.7 Å². The molecule has 0 amide bonds.